The van der Waals surface area contributed by atoms with Crippen LogP contribution in [-0.2, 0) is 0 Å². The molecule has 110 valence electrons. The zero-order chi connectivity index (χ0) is 13.3. The molecular formula is C15H29N3O. The zero-order valence-corrected chi connectivity index (χ0v) is 12.1. The van der Waals surface area contributed by atoms with E-state index in [1.807, 2.05) is 4.90 Å². The second kappa shape index (κ2) is 8.41. The van der Waals surface area contributed by atoms with Gasteiger partial charge in [-0.1, -0.05) is 25.7 Å². The van der Waals surface area contributed by atoms with Crippen molar-refractivity contribution in [2.75, 3.05) is 26.2 Å². The molecular weight excluding hydrogens is 238 g/mol. The predicted octanol–water partition coefficient (Wildman–Crippen LogP) is 2.49. The summed E-state index contributed by atoms with van der Waals surface area (Å²) in [6.45, 7) is 3.53. The first-order chi connectivity index (χ1) is 9.36. The van der Waals surface area contributed by atoms with Crippen LogP contribution in [0.1, 0.15) is 57.8 Å². The molecule has 0 aromatic rings. The number of urea groups is 1. The van der Waals surface area contributed by atoms with E-state index in [-0.39, 0.29) is 6.03 Å². The van der Waals surface area contributed by atoms with Crippen LogP contribution in [0.2, 0.25) is 0 Å². The van der Waals surface area contributed by atoms with E-state index in [0.29, 0.717) is 6.04 Å². The van der Waals surface area contributed by atoms with Crippen LogP contribution in [0, 0.1) is 0 Å². The lowest BCUT2D eigenvalue weighted by Gasteiger charge is -2.27. The summed E-state index contributed by atoms with van der Waals surface area (Å²) in [6, 6.07) is 0.803. The summed E-state index contributed by atoms with van der Waals surface area (Å²) in [5.41, 5.74) is 0. The molecule has 2 rings (SSSR count). The van der Waals surface area contributed by atoms with Crippen molar-refractivity contribution < 1.29 is 4.79 Å². The van der Waals surface area contributed by atoms with Gasteiger partial charge in [0.25, 0.3) is 0 Å². The van der Waals surface area contributed by atoms with Gasteiger partial charge in [0, 0.05) is 32.2 Å². The van der Waals surface area contributed by atoms with Gasteiger partial charge in [-0.05, 0) is 32.1 Å². The van der Waals surface area contributed by atoms with Gasteiger partial charge in [0.2, 0.25) is 0 Å². The van der Waals surface area contributed by atoms with Crippen LogP contribution >= 0.6 is 0 Å². The molecule has 2 amide bonds. The molecule has 0 unspecified atom stereocenters. The molecule has 1 aliphatic carbocycles. The lowest BCUT2D eigenvalue weighted by Crippen LogP contribution is -2.45. The van der Waals surface area contributed by atoms with E-state index >= 15 is 0 Å². The highest BCUT2D eigenvalue weighted by Gasteiger charge is 2.16. The van der Waals surface area contributed by atoms with Crippen LogP contribution in [0.5, 0.6) is 0 Å². The number of amides is 2. The maximum absolute atomic E-state index is 11.9. The molecule has 19 heavy (non-hydrogen) atoms. The van der Waals surface area contributed by atoms with Crippen molar-refractivity contribution in [2.24, 2.45) is 0 Å². The molecule has 2 aliphatic rings. The maximum Gasteiger partial charge on any atom is 0.317 e. The van der Waals surface area contributed by atoms with E-state index in [1.165, 1.54) is 44.9 Å². The average Bonchev–Trinajstić information content (AvgIpc) is 2.73. The Kier molecular flexibility index (Phi) is 6.48. The first-order valence-electron chi connectivity index (χ1n) is 8.12. The molecule has 4 heteroatoms. The van der Waals surface area contributed by atoms with E-state index in [0.717, 1.165) is 39.0 Å². The second-order valence-corrected chi connectivity index (χ2v) is 5.92. The van der Waals surface area contributed by atoms with Gasteiger partial charge in [-0.25, -0.2) is 4.79 Å². The summed E-state index contributed by atoms with van der Waals surface area (Å²) in [4.78, 5) is 13.8. The molecule has 0 atom stereocenters. The number of nitrogens with one attached hydrogen (secondary N) is 2. The van der Waals surface area contributed by atoms with Gasteiger partial charge >= 0.3 is 6.03 Å². The standard InChI is InChI=1S/C15H29N3O/c19-15(18-12-6-3-7-13-18)17-11-10-16-14-8-4-1-2-5-9-14/h14,16H,1-13H2,(H,17,19). The van der Waals surface area contributed by atoms with Crippen LogP contribution in [-0.4, -0.2) is 43.2 Å². The van der Waals surface area contributed by atoms with E-state index < -0.39 is 0 Å². The van der Waals surface area contributed by atoms with Crippen LogP contribution in [0.25, 0.3) is 0 Å². The molecule has 0 bridgehead atoms. The number of piperidine rings is 1. The first-order valence-corrected chi connectivity index (χ1v) is 8.12. The highest BCUT2D eigenvalue weighted by molar-refractivity contribution is 5.74. The summed E-state index contributed by atoms with van der Waals surface area (Å²) in [7, 11) is 0. The quantitative estimate of drug-likeness (QED) is 0.607. The fourth-order valence-corrected chi connectivity index (χ4v) is 3.14. The minimum absolute atomic E-state index is 0.127. The minimum Gasteiger partial charge on any atom is -0.337 e. The van der Waals surface area contributed by atoms with Gasteiger partial charge in [0.15, 0.2) is 0 Å². The van der Waals surface area contributed by atoms with Crippen LogP contribution < -0.4 is 10.6 Å². The molecule has 0 radical (unpaired) electrons. The lowest BCUT2D eigenvalue weighted by atomic mass is 10.1. The van der Waals surface area contributed by atoms with E-state index in [2.05, 4.69) is 10.6 Å². The largest absolute Gasteiger partial charge is 0.337 e. The number of rotatable bonds is 4. The molecule has 0 aromatic carbocycles. The monoisotopic (exact) mass is 267 g/mol. The van der Waals surface area contributed by atoms with Crippen molar-refractivity contribution in [3.63, 3.8) is 0 Å². The predicted molar refractivity (Wildman–Crippen MR) is 78.3 cm³/mol. The van der Waals surface area contributed by atoms with Crippen molar-refractivity contribution in [1.29, 1.82) is 0 Å². The smallest absolute Gasteiger partial charge is 0.317 e. The fourth-order valence-electron chi connectivity index (χ4n) is 3.14. The third-order valence-electron chi connectivity index (χ3n) is 4.33. The topological polar surface area (TPSA) is 44.4 Å². The molecule has 4 nitrogen and oxygen atoms in total. The van der Waals surface area contributed by atoms with Crippen molar-refractivity contribution >= 4 is 6.03 Å². The number of likely N-dealkylation sites (tertiary alicyclic amines) is 1. The summed E-state index contributed by atoms with van der Waals surface area (Å²) in [5, 5.41) is 6.62. The highest BCUT2D eigenvalue weighted by Crippen LogP contribution is 2.16. The fraction of sp³-hybridized carbons (Fsp3) is 0.933. The molecule has 2 N–H and O–H groups in total. The molecule has 1 saturated heterocycles. The van der Waals surface area contributed by atoms with Crippen LogP contribution in [0.4, 0.5) is 4.79 Å². The highest BCUT2D eigenvalue weighted by atomic mass is 16.2. The van der Waals surface area contributed by atoms with Crippen LogP contribution in [0.3, 0.4) is 0 Å². The van der Waals surface area contributed by atoms with Crippen molar-refractivity contribution in [1.82, 2.24) is 15.5 Å². The van der Waals surface area contributed by atoms with Crippen molar-refractivity contribution in [3.05, 3.63) is 0 Å². The molecule has 1 aliphatic heterocycles. The Hall–Kier alpha value is -0.770. The Morgan fingerprint density at radius 2 is 1.53 bits per heavy atom. The average molecular weight is 267 g/mol. The van der Waals surface area contributed by atoms with E-state index in [4.69, 9.17) is 0 Å². The van der Waals surface area contributed by atoms with Gasteiger partial charge in [-0.2, -0.15) is 0 Å². The number of carbonyl (C=O) groups excluding carboxylic acids is 1. The number of carbonyl (C=O) groups is 1. The second-order valence-electron chi connectivity index (χ2n) is 5.92. The minimum atomic E-state index is 0.127. The number of hydrogen-bond acceptors (Lipinski definition) is 2. The Morgan fingerprint density at radius 1 is 0.895 bits per heavy atom. The van der Waals surface area contributed by atoms with Gasteiger partial charge in [0.05, 0.1) is 0 Å². The molecule has 2 fully saturated rings. The van der Waals surface area contributed by atoms with E-state index in [9.17, 15) is 4.79 Å². The third-order valence-corrected chi connectivity index (χ3v) is 4.33. The summed E-state index contributed by atoms with van der Waals surface area (Å²) in [6.07, 6.45) is 11.7. The lowest BCUT2D eigenvalue weighted by molar-refractivity contribution is 0.186. The Bertz CT molecular complexity index is 256. The Morgan fingerprint density at radius 3 is 2.21 bits per heavy atom. The van der Waals surface area contributed by atoms with Gasteiger partial charge in [-0.15, -0.1) is 0 Å². The number of nitrogens with zero attached hydrogens (tertiary/aromatic N) is 1. The van der Waals surface area contributed by atoms with Crippen molar-refractivity contribution in [2.45, 2.75) is 63.8 Å². The molecule has 1 heterocycles. The van der Waals surface area contributed by atoms with Gasteiger partial charge in [-0.3, -0.25) is 0 Å². The Labute approximate surface area is 117 Å². The summed E-state index contributed by atoms with van der Waals surface area (Å²) in [5.74, 6) is 0. The third kappa shape index (κ3) is 5.39. The normalized spacial score (nSPS) is 22.0. The van der Waals surface area contributed by atoms with Gasteiger partial charge < -0.3 is 15.5 Å². The first kappa shape index (κ1) is 14.6. The summed E-state index contributed by atoms with van der Waals surface area (Å²) < 4.78 is 0. The van der Waals surface area contributed by atoms with E-state index in [1.54, 1.807) is 0 Å². The Balaban J connectivity index is 1.54. The molecule has 0 aromatic heterocycles. The zero-order valence-electron chi connectivity index (χ0n) is 12.1. The van der Waals surface area contributed by atoms with Crippen LogP contribution in [0.15, 0.2) is 0 Å². The van der Waals surface area contributed by atoms with Gasteiger partial charge in [0.1, 0.15) is 0 Å². The molecule has 1 saturated carbocycles. The summed E-state index contributed by atoms with van der Waals surface area (Å²) >= 11 is 0. The maximum atomic E-state index is 11.9. The number of hydrogen-bond donors (Lipinski definition) is 2. The molecule has 0 spiro atoms. The SMILES string of the molecule is O=C(NCCNC1CCCCCC1)N1CCCCC1. The van der Waals surface area contributed by atoms with Crippen molar-refractivity contribution in [3.8, 4) is 0 Å².